The van der Waals surface area contributed by atoms with Gasteiger partial charge in [-0.25, -0.2) is 0 Å². The molecule has 0 radical (unpaired) electrons. The first-order chi connectivity index (χ1) is 10.2. The Kier molecular flexibility index (Phi) is 4.60. The van der Waals surface area contributed by atoms with Crippen molar-refractivity contribution >= 4 is 11.8 Å². The van der Waals surface area contributed by atoms with Crippen molar-refractivity contribution < 1.29 is 9.59 Å². The molecule has 2 saturated heterocycles. The van der Waals surface area contributed by atoms with Crippen LogP contribution in [0.2, 0.25) is 0 Å². The van der Waals surface area contributed by atoms with Crippen LogP contribution < -0.4 is 5.32 Å². The van der Waals surface area contributed by atoms with Crippen LogP contribution in [0.1, 0.15) is 51.4 Å². The van der Waals surface area contributed by atoms with E-state index in [2.05, 4.69) is 17.3 Å². The summed E-state index contributed by atoms with van der Waals surface area (Å²) in [5.41, 5.74) is 0. The van der Waals surface area contributed by atoms with Gasteiger partial charge in [-0.3, -0.25) is 14.5 Å². The predicted molar refractivity (Wildman–Crippen MR) is 80.8 cm³/mol. The van der Waals surface area contributed by atoms with Crippen molar-refractivity contribution in [3.63, 3.8) is 0 Å². The van der Waals surface area contributed by atoms with Gasteiger partial charge in [0.2, 0.25) is 11.8 Å². The molecule has 2 heterocycles. The first-order valence-electron chi connectivity index (χ1n) is 8.46. The minimum absolute atomic E-state index is 0.0209. The van der Waals surface area contributed by atoms with Crippen LogP contribution in [-0.2, 0) is 9.59 Å². The average Bonchev–Trinajstić information content (AvgIpc) is 3.01. The van der Waals surface area contributed by atoms with E-state index in [0.717, 1.165) is 38.8 Å². The Hall–Kier alpha value is -0.940. The molecule has 0 bridgehead atoms. The Balaban J connectivity index is 1.55. The van der Waals surface area contributed by atoms with Crippen LogP contribution in [0.3, 0.4) is 0 Å². The third-order valence-electron chi connectivity index (χ3n) is 5.39. The van der Waals surface area contributed by atoms with Gasteiger partial charge in [-0.15, -0.1) is 0 Å². The zero-order chi connectivity index (χ0) is 14.8. The number of likely N-dealkylation sites (N-methyl/N-ethyl adjacent to an activating group) is 1. The van der Waals surface area contributed by atoms with Crippen molar-refractivity contribution in [1.29, 1.82) is 0 Å². The van der Waals surface area contributed by atoms with E-state index in [-0.39, 0.29) is 23.9 Å². The number of likely N-dealkylation sites (tertiary alicyclic amines) is 2. The molecule has 2 aliphatic heterocycles. The summed E-state index contributed by atoms with van der Waals surface area (Å²) in [6, 6.07) is 0.393. The van der Waals surface area contributed by atoms with Gasteiger partial charge < -0.3 is 10.2 Å². The van der Waals surface area contributed by atoms with Gasteiger partial charge in [0.1, 0.15) is 0 Å². The molecule has 1 saturated carbocycles. The number of carbonyl (C=O) groups excluding carboxylic acids is 2. The number of nitrogens with one attached hydrogen (secondary N) is 1. The van der Waals surface area contributed by atoms with Gasteiger partial charge in [-0.2, -0.15) is 0 Å². The maximum absolute atomic E-state index is 12.5. The van der Waals surface area contributed by atoms with Gasteiger partial charge in [-0.1, -0.05) is 19.3 Å². The van der Waals surface area contributed by atoms with Crippen LogP contribution in [0, 0.1) is 0 Å². The summed E-state index contributed by atoms with van der Waals surface area (Å²) < 4.78 is 0. The second kappa shape index (κ2) is 6.44. The summed E-state index contributed by atoms with van der Waals surface area (Å²) in [6.07, 6.45) is 8.29. The summed E-state index contributed by atoms with van der Waals surface area (Å²) in [7, 11) is 2.13. The van der Waals surface area contributed by atoms with Gasteiger partial charge in [0.15, 0.2) is 0 Å². The Bertz CT molecular complexity index is 406. The molecule has 1 N–H and O–H groups in total. The molecule has 118 valence electrons. The first-order valence-corrected chi connectivity index (χ1v) is 8.46. The van der Waals surface area contributed by atoms with E-state index < -0.39 is 0 Å². The molecule has 3 rings (SSSR count). The molecule has 1 aliphatic carbocycles. The average molecular weight is 293 g/mol. The molecule has 2 unspecified atom stereocenters. The van der Waals surface area contributed by atoms with Gasteiger partial charge >= 0.3 is 0 Å². The highest BCUT2D eigenvalue weighted by Crippen LogP contribution is 2.27. The molecular formula is C16H27N3O2. The van der Waals surface area contributed by atoms with Crippen molar-refractivity contribution in [2.45, 2.75) is 69.5 Å². The second-order valence-corrected chi connectivity index (χ2v) is 6.84. The van der Waals surface area contributed by atoms with Gasteiger partial charge in [0, 0.05) is 18.6 Å². The number of carbonyl (C=O) groups is 2. The number of rotatable bonds is 4. The van der Waals surface area contributed by atoms with Crippen LogP contribution in [0.4, 0.5) is 0 Å². The largest absolute Gasteiger partial charge is 0.304 e. The van der Waals surface area contributed by atoms with Crippen molar-refractivity contribution in [1.82, 2.24) is 15.1 Å². The van der Waals surface area contributed by atoms with E-state index in [1.165, 1.54) is 19.3 Å². The maximum Gasteiger partial charge on any atom is 0.247 e. The van der Waals surface area contributed by atoms with E-state index in [4.69, 9.17) is 0 Å². The standard InChI is InChI=1S/C16H27N3O2/c1-18-9-5-8-13(18)11-17-14-10-15(20)19(16(14)21)12-6-3-2-4-7-12/h12-14,17H,2-11H2,1H3. The van der Waals surface area contributed by atoms with E-state index in [0.29, 0.717) is 12.5 Å². The normalized spacial score (nSPS) is 32.3. The Morgan fingerprint density at radius 2 is 1.86 bits per heavy atom. The Morgan fingerprint density at radius 3 is 2.52 bits per heavy atom. The van der Waals surface area contributed by atoms with Crippen LogP contribution in [0.25, 0.3) is 0 Å². The smallest absolute Gasteiger partial charge is 0.247 e. The Morgan fingerprint density at radius 1 is 1.10 bits per heavy atom. The summed E-state index contributed by atoms with van der Waals surface area (Å²) in [6.45, 7) is 1.96. The van der Waals surface area contributed by atoms with Crippen LogP contribution in [-0.4, -0.2) is 59.9 Å². The zero-order valence-electron chi connectivity index (χ0n) is 13.0. The summed E-state index contributed by atoms with van der Waals surface area (Å²) in [5, 5.41) is 3.35. The van der Waals surface area contributed by atoms with Crippen molar-refractivity contribution in [3.8, 4) is 0 Å². The predicted octanol–water partition coefficient (Wildman–Crippen LogP) is 1.13. The lowest BCUT2D eigenvalue weighted by Crippen LogP contribution is -2.47. The molecule has 21 heavy (non-hydrogen) atoms. The van der Waals surface area contributed by atoms with Crippen molar-refractivity contribution in [2.75, 3.05) is 20.1 Å². The highest BCUT2D eigenvalue weighted by Gasteiger charge is 2.42. The number of hydrogen-bond donors (Lipinski definition) is 1. The fourth-order valence-corrected chi connectivity index (χ4v) is 4.05. The van der Waals surface area contributed by atoms with E-state index >= 15 is 0 Å². The van der Waals surface area contributed by atoms with E-state index in [1.807, 2.05) is 0 Å². The van der Waals surface area contributed by atoms with E-state index in [1.54, 1.807) is 4.90 Å². The number of amides is 2. The molecule has 0 spiro atoms. The zero-order valence-corrected chi connectivity index (χ0v) is 13.0. The van der Waals surface area contributed by atoms with Crippen molar-refractivity contribution in [2.24, 2.45) is 0 Å². The summed E-state index contributed by atoms with van der Waals surface area (Å²) in [4.78, 5) is 28.7. The lowest BCUT2D eigenvalue weighted by atomic mass is 9.94. The molecule has 3 aliphatic rings. The quantitative estimate of drug-likeness (QED) is 0.790. The van der Waals surface area contributed by atoms with Crippen molar-refractivity contribution in [3.05, 3.63) is 0 Å². The molecular weight excluding hydrogens is 266 g/mol. The molecule has 5 nitrogen and oxygen atoms in total. The van der Waals surface area contributed by atoms with Gasteiger partial charge in [0.05, 0.1) is 12.5 Å². The van der Waals surface area contributed by atoms with Gasteiger partial charge in [0.25, 0.3) is 0 Å². The molecule has 2 amide bonds. The molecule has 3 fully saturated rings. The summed E-state index contributed by atoms with van der Waals surface area (Å²) in [5.74, 6) is 0.0525. The lowest BCUT2D eigenvalue weighted by Gasteiger charge is -2.30. The minimum atomic E-state index is -0.284. The maximum atomic E-state index is 12.5. The van der Waals surface area contributed by atoms with E-state index in [9.17, 15) is 9.59 Å². The fourth-order valence-electron chi connectivity index (χ4n) is 4.05. The molecule has 0 aromatic heterocycles. The number of hydrogen-bond acceptors (Lipinski definition) is 4. The first kappa shape index (κ1) is 15.0. The van der Waals surface area contributed by atoms with Crippen LogP contribution >= 0.6 is 0 Å². The molecule has 2 atom stereocenters. The Labute approximate surface area is 127 Å². The van der Waals surface area contributed by atoms with Crippen LogP contribution in [0.5, 0.6) is 0 Å². The second-order valence-electron chi connectivity index (χ2n) is 6.84. The lowest BCUT2D eigenvalue weighted by molar-refractivity contribution is -0.142. The fraction of sp³-hybridized carbons (Fsp3) is 0.875. The summed E-state index contributed by atoms with van der Waals surface area (Å²) >= 11 is 0. The molecule has 0 aromatic carbocycles. The molecule has 0 aromatic rings. The SMILES string of the molecule is CN1CCCC1CNC1CC(=O)N(C2CCCCC2)C1=O. The highest BCUT2D eigenvalue weighted by atomic mass is 16.2. The number of nitrogens with zero attached hydrogens (tertiary/aromatic N) is 2. The monoisotopic (exact) mass is 293 g/mol. The van der Waals surface area contributed by atoms with Gasteiger partial charge in [-0.05, 0) is 39.3 Å². The van der Waals surface area contributed by atoms with Crippen LogP contribution in [0.15, 0.2) is 0 Å². The third kappa shape index (κ3) is 3.14. The number of imide groups is 1. The minimum Gasteiger partial charge on any atom is -0.304 e. The topological polar surface area (TPSA) is 52.7 Å². The molecule has 5 heteroatoms. The third-order valence-corrected chi connectivity index (χ3v) is 5.39. The highest BCUT2D eigenvalue weighted by molar-refractivity contribution is 6.05.